The summed E-state index contributed by atoms with van der Waals surface area (Å²) in [5.41, 5.74) is -1.38. The Morgan fingerprint density at radius 2 is 1.67 bits per heavy atom. The van der Waals surface area contributed by atoms with Crippen LogP contribution in [0.3, 0.4) is 0 Å². The van der Waals surface area contributed by atoms with Gasteiger partial charge < -0.3 is 25.3 Å². The first-order valence-electron chi connectivity index (χ1n) is 10.6. The van der Waals surface area contributed by atoms with Gasteiger partial charge in [0.1, 0.15) is 0 Å². The molecule has 0 aromatic rings. The van der Waals surface area contributed by atoms with E-state index < -0.39 is 17.0 Å². The molecule has 3 N–H and O–H groups in total. The topological polar surface area (TPSA) is 105 Å². The summed E-state index contributed by atoms with van der Waals surface area (Å²) < 4.78 is 5.67. The molecular weight excluding hydrogens is 411 g/mol. The molecule has 174 valence electrons. The van der Waals surface area contributed by atoms with Gasteiger partial charge in [0.05, 0.1) is 17.4 Å². The molecular formula is C22H45KN2O5. The summed E-state index contributed by atoms with van der Waals surface area (Å²) >= 11 is 0. The number of rotatable bonds is 13. The van der Waals surface area contributed by atoms with Crippen LogP contribution in [-0.4, -0.2) is 54.6 Å². The van der Waals surface area contributed by atoms with Crippen LogP contribution in [0.5, 0.6) is 0 Å². The first kappa shape index (κ1) is 37.5. The van der Waals surface area contributed by atoms with E-state index in [4.69, 9.17) is 9.84 Å². The second-order valence-corrected chi connectivity index (χ2v) is 8.11. The number of hydrogen-bond acceptors (Lipinski definition) is 5. The Morgan fingerprint density at radius 1 is 1.13 bits per heavy atom. The molecule has 0 aromatic carbocycles. The van der Waals surface area contributed by atoms with Crippen molar-refractivity contribution in [3.63, 3.8) is 0 Å². The van der Waals surface area contributed by atoms with Crippen LogP contribution in [0.15, 0.2) is 0 Å². The molecule has 0 saturated heterocycles. The van der Waals surface area contributed by atoms with Crippen LogP contribution in [0.2, 0.25) is 0 Å². The minimum absolute atomic E-state index is 0. The first-order valence-corrected chi connectivity index (χ1v) is 10.6. The van der Waals surface area contributed by atoms with Gasteiger partial charge in [-0.05, 0) is 46.6 Å². The number of carboxylic acid groups (broad SMARTS) is 1. The van der Waals surface area contributed by atoms with Gasteiger partial charge in [-0.2, -0.15) is 0 Å². The van der Waals surface area contributed by atoms with Gasteiger partial charge in [-0.1, -0.05) is 41.0 Å². The average molecular weight is 457 g/mol. The van der Waals surface area contributed by atoms with E-state index in [-0.39, 0.29) is 63.7 Å². The molecule has 0 radical (unpaired) electrons. The number of ether oxygens (including phenoxy) is 1. The van der Waals surface area contributed by atoms with Crippen LogP contribution >= 0.6 is 0 Å². The molecule has 0 spiro atoms. The monoisotopic (exact) mass is 456 g/mol. The molecule has 0 aromatic heterocycles. The molecule has 30 heavy (non-hydrogen) atoms. The van der Waals surface area contributed by atoms with Crippen LogP contribution in [0.4, 0.5) is 0 Å². The van der Waals surface area contributed by atoms with Gasteiger partial charge >= 0.3 is 57.4 Å². The Hall–Kier alpha value is 0.166. The molecule has 0 bridgehead atoms. The van der Waals surface area contributed by atoms with Gasteiger partial charge in [0, 0.05) is 13.2 Å². The van der Waals surface area contributed by atoms with E-state index >= 15 is 0 Å². The molecule has 0 saturated carbocycles. The van der Waals surface area contributed by atoms with Crippen LogP contribution < -0.4 is 62.0 Å². The van der Waals surface area contributed by atoms with Gasteiger partial charge in [-0.25, -0.2) is 0 Å². The number of carbonyl (C=O) groups excluding carboxylic acids is 2. The Balaban J connectivity index is -0.000000286. The van der Waals surface area contributed by atoms with Gasteiger partial charge in [0.15, 0.2) is 0 Å². The van der Waals surface area contributed by atoms with Crippen LogP contribution in [-0.2, 0) is 19.1 Å². The van der Waals surface area contributed by atoms with E-state index in [2.05, 4.69) is 17.6 Å². The predicted octanol–water partition coefficient (Wildman–Crippen LogP) is 0.713. The van der Waals surface area contributed by atoms with Gasteiger partial charge in [0.2, 0.25) is 5.91 Å². The van der Waals surface area contributed by atoms with E-state index in [1.54, 1.807) is 20.1 Å². The van der Waals surface area contributed by atoms with Crippen molar-refractivity contribution >= 4 is 18.2 Å². The SMILES string of the molecule is CC.CC(C)NC[C-]=O.CCCCNC(=O)CC(C)(C)OCCC(C)(C)C(=O)O.[K+]. The fraction of sp³-hybridized carbons (Fsp3) is 0.864. The Bertz CT molecular complexity index is 441. The van der Waals surface area contributed by atoms with Crippen LogP contribution in [0.1, 0.15) is 88.0 Å². The fourth-order valence-corrected chi connectivity index (χ4v) is 1.84. The molecule has 7 nitrogen and oxygen atoms in total. The first-order chi connectivity index (χ1) is 13.4. The summed E-state index contributed by atoms with van der Waals surface area (Å²) in [7, 11) is 0. The second-order valence-electron chi connectivity index (χ2n) is 8.11. The standard InChI is InChI=1S/C15H29NO4.C5H10NO.C2H6.K/c1-6-7-9-16-12(17)11-15(4,5)20-10-8-14(2,3)13(18)19;1-5(2)6-3-4-7;1-2;/h6-11H2,1-5H3,(H,16,17)(H,18,19);5-6H,3H2,1-2H3;1-2H3;/q;-1;;+1. The van der Waals surface area contributed by atoms with E-state index in [0.717, 1.165) is 12.8 Å². The number of nitrogens with one attached hydrogen (secondary N) is 2. The van der Waals surface area contributed by atoms with E-state index in [1.165, 1.54) is 0 Å². The minimum atomic E-state index is -0.837. The second kappa shape index (κ2) is 22.4. The third-order valence-electron chi connectivity index (χ3n) is 3.82. The summed E-state index contributed by atoms with van der Waals surface area (Å²) in [5, 5.41) is 14.7. The van der Waals surface area contributed by atoms with Crippen molar-refractivity contribution in [1.82, 2.24) is 10.6 Å². The van der Waals surface area contributed by atoms with Crippen molar-refractivity contribution in [2.75, 3.05) is 19.7 Å². The Labute approximate surface area is 227 Å². The molecule has 0 aliphatic rings. The number of aliphatic carboxylic acids is 1. The van der Waals surface area contributed by atoms with E-state index in [1.807, 2.05) is 41.5 Å². The number of amides is 1. The van der Waals surface area contributed by atoms with Gasteiger partial charge in [-0.15, -0.1) is 6.54 Å². The van der Waals surface area contributed by atoms with Crippen LogP contribution in [0.25, 0.3) is 0 Å². The smallest absolute Gasteiger partial charge is 0.541 e. The van der Waals surface area contributed by atoms with Gasteiger partial charge in [-0.3, -0.25) is 15.9 Å². The van der Waals surface area contributed by atoms with Crippen molar-refractivity contribution in [3.8, 4) is 0 Å². The normalized spacial score (nSPS) is 10.6. The van der Waals surface area contributed by atoms with Crippen molar-refractivity contribution in [3.05, 3.63) is 0 Å². The molecule has 0 atom stereocenters. The quantitative estimate of drug-likeness (QED) is 0.214. The fourth-order valence-electron chi connectivity index (χ4n) is 1.84. The molecule has 0 fully saturated rings. The maximum absolute atomic E-state index is 11.7. The molecule has 0 rings (SSSR count). The Kier molecular flexibility index (Phi) is 27.9. The average Bonchev–Trinajstić information content (AvgIpc) is 2.61. The zero-order valence-corrected chi connectivity index (χ0v) is 24.2. The van der Waals surface area contributed by atoms with Crippen molar-refractivity contribution < 1.29 is 75.6 Å². The number of carbonyl (C=O) groups is 2. The van der Waals surface area contributed by atoms with Crippen LogP contribution in [0, 0.1) is 5.41 Å². The molecule has 0 aliphatic carbocycles. The number of carboxylic acids is 1. The zero-order chi connectivity index (χ0) is 23.5. The summed E-state index contributed by atoms with van der Waals surface area (Å²) in [6.07, 6.45) is 4.46. The van der Waals surface area contributed by atoms with Crippen molar-refractivity contribution in [2.24, 2.45) is 5.41 Å². The molecule has 0 aliphatic heterocycles. The summed E-state index contributed by atoms with van der Waals surface area (Å²) in [4.78, 5) is 32.2. The number of unbranched alkanes of at least 4 members (excludes halogenated alkanes) is 1. The van der Waals surface area contributed by atoms with Gasteiger partial charge in [0.25, 0.3) is 0 Å². The maximum atomic E-state index is 11.7. The predicted molar refractivity (Wildman–Crippen MR) is 119 cm³/mol. The third-order valence-corrected chi connectivity index (χ3v) is 3.82. The third kappa shape index (κ3) is 26.2. The maximum Gasteiger partial charge on any atom is 1.00 e. The number of hydrogen-bond donors (Lipinski definition) is 3. The molecule has 1 amide bonds. The van der Waals surface area contributed by atoms with E-state index in [9.17, 15) is 14.4 Å². The molecule has 0 heterocycles. The zero-order valence-electron chi connectivity index (χ0n) is 21.1. The summed E-state index contributed by atoms with van der Waals surface area (Å²) in [5.74, 6) is -0.864. The van der Waals surface area contributed by atoms with E-state index in [0.29, 0.717) is 32.2 Å². The van der Waals surface area contributed by atoms with Crippen molar-refractivity contribution in [2.45, 2.75) is 99.6 Å². The summed E-state index contributed by atoms with van der Waals surface area (Å²) in [6, 6.07) is 0.390. The molecule has 8 heteroatoms. The molecule has 0 unspecified atom stereocenters. The Morgan fingerprint density at radius 3 is 2.03 bits per heavy atom. The van der Waals surface area contributed by atoms with Crippen molar-refractivity contribution in [1.29, 1.82) is 0 Å². The minimum Gasteiger partial charge on any atom is -0.541 e. The summed E-state index contributed by atoms with van der Waals surface area (Å²) in [6.45, 7) is 18.4. The largest absolute Gasteiger partial charge is 1.00 e.